The van der Waals surface area contributed by atoms with Gasteiger partial charge in [-0.1, -0.05) is 35.9 Å². The number of benzene rings is 2. The van der Waals surface area contributed by atoms with Gasteiger partial charge < -0.3 is 4.74 Å². The topological polar surface area (TPSA) is 65.7 Å². The third kappa shape index (κ3) is 2.76. The monoisotopic (exact) mass is 373 g/mol. The van der Waals surface area contributed by atoms with Gasteiger partial charge in [-0.2, -0.15) is 5.10 Å². The molecular weight excluding hydrogens is 362 g/mol. The van der Waals surface area contributed by atoms with E-state index in [9.17, 15) is 0 Å². The van der Waals surface area contributed by atoms with Crippen LogP contribution in [0, 0.1) is 0 Å². The van der Waals surface area contributed by atoms with Gasteiger partial charge in [0, 0.05) is 16.6 Å². The molecule has 0 N–H and O–H groups in total. The first-order valence-electron chi connectivity index (χ1n) is 8.26. The molecule has 7 heteroatoms. The molecule has 0 aliphatic carbocycles. The molecule has 0 aliphatic heterocycles. The zero-order chi connectivity index (χ0) is 18.2. The van der Waals surface area contributed by atoms with Crippen LogP contribution in [-0.2, 0) is 0 Å². The summed E-state index contributed by atoms with van der Waals surface area (Å²) in [6.07, 6.45) is 4.88. The minimum Gasteiger partial charge on any atom is -0.436 e. The molecule has 0 fully saturated rings. The molecule has 0 saturated heterocycles. The second kappa shape index (κ2) is 6.34. The molecule has 0 aliphatic rings. The van der Waals surface area contributed by atoms with Crippen LogP contribution >= 0.6 is 11.6 Å². The zero-order valence-corrected chi connectivity index (χ0v) is 14.7. The Morgan fingerprint density at radius 1 is 0.926 bits per heavy atom. The molecule has 0 radical (unpaired) electrons. The van der Waals surface area contributed by atoms with Crippen LogP contribution in [0.4, 0.5) is 0 Å². The van der Waals surface area contributed by atoms with Crippen molar-refractivity contribution in [1.82, 2.24) is 24.7 Å². The van der Waals surface area contributed by atoms with Crippen LogP contribution in [0.3, 0.4) is 0 Å². The van der Waals surface area contributed by atoms with E-state index in [0.717, 1.165) is 16.6 Å². The van der Waals surface area contributed by atoms with E-state index in [0.29, 0.717) is 27.7 Å². The highest BCUT2D eigenvalue weighted by Crippen LogP contribution is 2.31. The van der Waals surface area contributed by atoms with Crippen LogP contribution in [0.2, 0.25) is 5.02 Å². The van der Waals surface area contributed by atoms with Crippen molar-refractivity contribution >= 4 is 33.5 Å². The first kappa shape index (κ1) is 15.7. The largest absolute Gasteiger partial charge is 0.436 e. The van der Waals surface area contributed by atoms with Gasteiger partial charge in [-0.15, -0.1) is 0 Å². The van der Waals surface area contributed by atoms with E-state index < -0.39 is 0 Å². The fourth-order valence-electron chi connectivity index (χ4n) is 2.96. The van der Waals surface area contributed by atoms with Gasteiger partial charge in [0.05, 0.1) is 11.9 Å². The van der Waals surface area contributed by atoms with E-state index in [2.05, 4.69) is 20.1 Å². The second-order valence-electron chi connectivity index (χ2n) is 5.89. The Labute approximate surface area is 159 Å². The quantitative estimate of drug-likeness (QED) is 0.454. The lowest BCUT2D eigenvalue weighted by Gasteiger charge is -2.08. The molecule has 3 aromatic heterocycles. The van der Waals surface area contributed by atoms with E-state index in [-0.39, 0.29) is 0 Å². The SMILES string of the molecule is Clc1cccc(-n2ncc3c(Oc4cccc5cccnc45)ncnc32)c1. The maximum Gasteiger partial charge on any atom is 0.233 e. The summed E-state index contributed by atoms with van der Waals surface area (Å²) in [6, 6.07) is 17.1. The van der Waals surface area contributed by atoms with Gasteiger partial charge in [-0.05, 0) is 30.3 Å². The third-order valence-corrected chi connectivity index (χ3v) is 4.42. The van der Waals surface area contributed by atoms with Crippen LogP contribution in [0.1, 0.15) is 0 Å². The van der Waals surface area contributed by atoms with Crippen molar-refractivity contribution in [2.24, 2.45) is 0 Å². The summed E-state index contributed by atoms with van der Waals surface area (Å²) in [5.74, 6) is 1.05. The number of hydrogen-bond acceptors (Lipinski definition) is 5. The number of pyridine rings is 1. The van der Waals surface area contributed by atoms with Crippen LogP contribution in [-0.4, -0.2) is 24.7 Å². The van der Waals surface area contributed by atoms with E-state index in [1.165, 1.54) is 6.33 Å². The second-order valence-corrected chi connectivity index (χ2v) is 6.32. The number of aromatic nitrogens is 5. The van der Waals surface area contributed by atoms with Crippen molar-refractivity contribution in [3.05, 3.63) is 78.3 Å². The molecule has 0 amide bonds. The van der Waals surface area contributed by atoms with Gasteiger partial charge in [-0.25, -0.2) is 14.6 Å². The molecule has 0 bridgehead atoms. The molecule has 0 atom stereocenters. The standard InChI is InChI=1S/C20H12ClN5O/c21-14-6-2-7-15(10-14)26-19-16(11-25-26)20(24-12-23-19)27-17-8-1-4-13-5-3-9-22-18(13)17/h1-12H. The summed E-state index contributed by atoms with van der Waals surface area (Å²) in [4.78, 5) is 13.1. The van der Waals surface area contributed by atoms with Crippen LogP contribution in [0.25, 0.3) is 27.6 Å². The third-order valence-electron chi connectivity index (χ3n) is 4.18. The molecule has 5 rings (SSSR count). The molecule has 3 heterocycles. The molecule has 0 unspecified atom stereocenters. The van der Waals surface area contributed by atoms with Crippen molar-refractivity contribution in [3.8, 4) is 17.3 Å². The molecule has 2 aromatic carbocycles. The number of ether oxygens (including phenoxy) is 1. The average Bonchev–Trinajstić information content (AvgIpc) is 3.13. The molecule has 0 saturated carbocycles. The molecule has 5 aromatic rings. The van der Waals surface area contributed by atoms with Gasteiger partial charge in [0.1, 0.15) is 17.2 Å². The maximum atomic E-state index is 6.10. The molecular formula is C20H12ClN5O. The highest BCUT2D eigenvalue weighted by Gasteiger charge is 2.14. The molecule has 130 valence electrons. The number of halogens is 1. The van der Waals surface area contributed by atoms with Crippen molar-refractivity contribution < 1.29 is 4.74 Å². The predicted molar refractivity (Wildman–Crippen MR) is 103 cm³/mol. The Balaban J connectivity index is 1.62. The Morgan fingerprint density at radius 3 is 2.74 bits per heavy atom. The van der Waals surface area contributed by atoms with Gasteiger partial charge in [0.2, 0.25) is 5.88 Å². The van der Waals surface area contributed by atoms with Crippen LogP contribution in [0.15, 0.2) is 73.3 Å². The Hall–Kier alpha value is -3.51. The normalized spacial score (nSPS) is 11.1. The fraction of sp³-hybridized carbons (Fsp3) is 0. The predicted octanol–water partition coefficient (Wildman–Crippen LogP) is 4.81. The maximum absolute atomic E-state index is 6.10. The summed E-state index contributed by atoms with van der Waals surface area (Å²) in [7, 11) is 0. The minimum absolute atomic E-state index is 0.423. The van der Waals surface area contributed by atoms with Crippen LogP contribution in [0.5, 0.6) is 11.6 Å². The number of para-hydroxylation sites is 1. The van der Waals surface area contributed by atoms with Crippen molar-refractivity contribution in [2.75, 3.05) is 0 Å². The minimum atomic E-state index is 0.423. The number of nitrogens with zero attached hydrogens (tertiary/aromatic N) is 5. The summed E-state index contributed by atoms with van der Waals surface area (Å²) in [5.41, 5.74) is 2.22. The fourth-order valence-corrected chi connectivity index (χ4v) is 3.15. The first-order valence-corrected chi connectivity index (χ1v) is 8.64. The van der Waals surface area contributed by atoms with Crippen molar-refractivity contribution in [3.63, 3.8) is 0 Å². The summed E-state index contributed by atoms with van der Waals surface area (Å²) >= 11 is 6.10. The van der Waals surface area contributed by atoms with E-state index in [4.69, 9.17) is 16.3 Å². The van der Waals surface area contributed by atoms with Gasteiger partial charge in [0.15, 0.2) is 11.4 Å². The molecule has 6 nitrogen and oxygen atoms in total. The van der Waals surface area contributed by atoms with Crippen molar-refractivity contribution in [2.45, 2.75) is 0 Å². The van der Waals surface area contributed by atoms with E-state index in [1.54, 1.807) is 17.1 Å². The number of fused-ring (bicyclic) bond motifs is 2. The van der Waals surface area contributed by atoms with Gasteiger partial charge in [-0.3, -0.25) is 4.98 Å². The van der Waals surface area contributed by atoms with Crippen molar-refractivity contribution in [1.29, 1.82) is 0 Å². The lowest BCUT2D eigenvalue weighted by molar-refractivity contribution is 0.472. The summed E-state index contributed by atoms with van der Waals surface area (Å²) < 4.78 is 7.79. The lowest BCUT2D eigenvalue weighted by Crippen LogP contribution is -1.98. The Kier molecular flexibility index (Phi) is 3.69. The number of hydrogen-bond donors (Lipinski definition) is 0. The molecule has 27 heavy (non-hydrogen) atoms. The highest BCUT2D eigenvalue weighted by atomic mass is 35.5. The van der Waals surface area contributed by atoms with E-state index >= 15 is 0 Å². The lowest BCUT2D eigenvalue weighted by atomic mass is 10.2. The van der Waals surface area contributed by atoms with Gasteiger partial charge in [0.25, 0.3) is 0 Å². The summed E-state index contributed by atoms with van der Waals surface area (Å²) in [6.45, 7) is 0. The first-order chi connectivity index (χ1) is 13.3. The Bertz CT molecular complexity index is 1280. The highest BCUT2D eigenvalue weighted by molar-refractivity contribution is 6.30. The Morgan fingerprint density at radius 2 is 1.81 bits per heavy atom. The van der Waals surface area contributed by atoms with Gasteiger partial charge >= 0.3 is 0 Å². The zero-order valence-electron chi connectivity index (χ0n) is 14.0. The average molecular weight is 374 g/mol. The summed E-state index contributed by atoms with van der Waals surface area (Å²) in [5, 5.41) is 6.75. The molecule has 0 spiro atoms. The smallest absolute Gasteiger partial charge is 0.233 e. The van der Waals surface area contributed by atoms with E-state index in [1.807, 2.05) is 54.6 Å². The van der Waals surface area contributed by atoms with Crippen LogP contribution < -0.4 is 4.74 Å². The number of rotatable bonds is 3.